The minimum atomic E-state index is 0.0197. The molecule has 1 saturated heterocycles. The van der Waals surface area contributed by atoms with Crippen LogP contribution in [0.25, 0.3) is 16.3 Å². The van der Waals surface area contributed by atoms with Crippen LogP contribution in [0, 0.1) is 0 Å². The molecule has 7 heteroatoms. The van der Waals surface area contributed by atoms with E-state index in [-0.39, 0.29) is 5.91 Å². The predicted octanol–water partition coefficient (Wildman–Crippen LogP) is 4.24. The summed E-state index contributed by atoms with van der Waals surface area (Å²) in [4.78, 5) is 21.6. The quantitative estimate of drug-likeness (QED) is 0.540. The predicted molar refractivity (Wildman–Crippen MR) is 126 cm³/mol. The van der Waals surface area contributed by atoms with Gasteiger partial charge < -0.3 is 19.3 Å². The molecule has 0 saturated carbocycles. The molecule has 0 aliphatic carbocycles. The van der Waals surface area contributed by atoms with Crippen molar-refractivity contribution in [3.63, 3.8) is 0 Å². The van der Waals surface area contributed by atoms with Gasteiger partial charge in [-0.25, -0.2) is 4.98 Å². The fraction of sp³-hybridized carbons (Fsp3) is 0.333. The number of piperazine rings is 1. The van der Waals surface area contributed by atoms with Gasteiger partial charge in [-0.1, -0.05) is 30.4 Å². The molecule has 0 bridgehead atoms. The molecule has 162 valence electrons. The van der Waals surface area contributed by atoms with E-state index < -0.39 is 0 Å². The summed E-state index contributed by atoms with van der Waals surface area (Å²) < 4.78 is 11.8. The highest BCUT2D eigenvalue weighted by Gasteiger charge is 2.22. The van der Waals surface area contributed by atoms with Crippen LogP contribution in [0.3, 0.4) is 0 Å². The van der Waals surface area contributed by atoms with Gasteiger partial charge in [-0.3, -0.25) is 4.79 Å². The Morgan fingerprint density at radius 3 is 2.55 bits per heavy atom. The number of thiazole rings is 1. The number of methoxy groups -OCH3 is 2. The van der Waals surface area contributed by atoms with Crippen LogP contribution in [0.5, 0.6) is 11.5 Å². The first-order valence-electron chi connectivity index (χ1n) is 10.4. The summed E-state index contributed by atoms with van der Waals surface area (Å²) in [5.41, 5.74) is 3.28. The van der Waals surface area contributed by atoms with E-state index in [4.69, 9.17) is 14.5 Å². The van der Waals surface area contributed by atoms with Crippen molar-refractivity contribution in [2.75, 3.05) is 45.3 Å². The second-order valence-corrected chi connectivity index (χ2v) is 8.42. The Morgan fingerprint density at radius 2 is 1.84 bits per heavy atom. The molecule has 1 amide bonds. The van der Waals surface area contributed by atoms with Gasteiger partial charge in [0.1, 0.15) is 0 Å². The Hall–Kier alpha value is -3.06. The summed E-state index contributed by atoms with van der Waals surface area (Å²) in [5, 5.41) is 1.04. The Bertz CT molecular complexity index is 1100. The number of aromatic nitrogens is 1. The maximum Gasteiger partial charge on any atom is 0.246 e. The molecule has 6 nitrogen and oxygen atoms in total. The number of hydrogen-bond donors (Lipinski definition) is 0. The second-order valence-electron chi connectivity index (χ2n) is 7.41. The number of fused-ring (bicyclic) bond motifs is 1. The molecule has 3 aromatic rings. The number of benzene rings is 2. The van der Waals surface area contributed by atoms with E-state index in [2.05, 4.69) is 30.0 Å². The van der Waals surface area contributed by atoms with Gasteiger partial charge in [0.25, 0.3) is 0 Å². The van der Waals surface area contributed by atoms with Crippen LogP contribution in [-0.2, 0) is 11.2 Å². The van der Waals surface area contributed by atoms with E-state index in [0.717, 1.165) is 35.7 Å². The molecule has 0 unspecified atom stereocenters. The molecule has 0 radical (unpaired) electrons. The maximum absolute atomic E-state index is 12.7. The standard InChI is InChI=1S/C24H27N3O3S/c1-4-17-5-8-19-22(16-17)31-24(25-19)27-13-11-26(12-14-27)23(28)10-7-18-6-9-20(29-2)21(15-18)30-3/h5-10,15-16H,4,11-14H2,1-3H3/b10-7+. The molecule has 1 aliphatic rings. The zero-order chi connectivity index (χ0) is 21.8. The molecular formula is C24H27N3O3S. The lowest BCUT2D eigenvalue weighted by atomic mass is 10.2. The average Bonchev–Trinajstić information content (AvgIpc) is 3.25. The van der Waals surface area contributed by atoms with Crippen molar-refractivity contribution >= 4 is 38.7 Å². The molecule has 1 fully saturated rings. The lowest BCUT2D eigenvalue weighted by Gasteiger charge is -2.34. The number of amides is 1. The van der Waals surface area contributed by atoms with Crippen molar-refractivity contribution in [1.29, 1.82) is 0 Å². The maximum atomic E-state index is 12.7. The fourth-order valence-corrected chi connectivity index (χ4v) is 4.74. The zero-order valence-electron chi connectivity index (χ0n) is 18.1. The van der Waals surface area contributed by atoms with Gasteiger partial charge >= 0.3 is 0 Å². The van der Waals surface area contributed by atoms with E-state index in [9.17, 15) is 4.79 Å². The summed E-state index contributed by atoms with van der Waals surface area (Å²) >= 11 is 1.73. The van der Waals surface area contributed by atoms with E-state index in [1.54, 1.807) is 31.6 Å². The van der Waals surface area contributed by atoms with Crippen LogP contribution in [0.1, 0.15) is 18.1 Å². The fourth-order valence-electron chi connectivity index (χ4n) is 3.66. The first-order valence-corrected chi connectivity index (χ1v) is 11.3. The number of hydrogen-bond acceptors (Lipinski definition) is 6. The van der Waals surface area contributed by atoms with Crippen LogP contribution in [-0.4, -0.2) is 56.2 Å². The van der Waals surface area contributed by atoms with E-state index in [0.29, 0.717) is 24.6 Å². The Labute approximate surface area is 186 Å². The first kappa shape index (κ1) is 21.2. The molecule has 0 N–H and O–H groups in total. The van der Waals surface area contributed by atoms with Crippen molar-refractivity contribution in [3.05, 3.63) is 53.6 Å². The molecule has 31 heavy (non-hydrogen) atoms. The van der Waals surface area contributed by atoms with E-state index >= 15 is 0 Å². The van der Waals surface area contributed by atoms with E-state index in [1.165, 1.54) is 10.3 Å². The minimum Gasteiger partial charge on any atom is -0.493 e. The van der Waals surface area contributed by atoms with Crippen molar-refractivity contribution in [2.45, 2.75) is 13.3 Å². The van der Waals surface area contributed by atoms with Crippen molar-refractivity contribution in [3.8, 4) is 11.5 Å². The van der Waals surface area contributed by atoms with Gasteiger partial charge in [0.15, 0.2) is 16.6 Å². The topological polar surface area (TPSA) is 54.9 Å². The normalized spacial score (nSPS) is 14.4. The Balaban J connectivity index is 1.37. The summed E-state index contributed by atoms with van der Waals surface area (Å²) in [7, 11) is 3.21. The van der Waals surface area contributed by atoms with Crippen molar-refractivity contribution in [1.82, 2.24) is 9.88 Å². The number of carbonyl (C=O) groups excluding carboxylic acids is 1. The molecule has 0 spiro atoms. The summed E-state index contributed by atoms with van der Waals surface area (Å²) in [5.74, 6) is 1.33. The third-order valence-electron chi connectivity index (χ3n) is 5.54. The Kier molecular flexibility index (Phi) is 6.42. The summed E-state index contributed by atoms with van der Waals surface area (Å²) in [6.07, 6.45) is 4.47. The van der Waals surface area contributed by atoms with Crippen molar-refractivity contribution < 1.29 is 14.3 Å². The highest BCUT2D eigenvalue weighted by Crippen LogP contribution is 2.30. The van der Waals surface area contributed by atoms with Crippen LogP contribution >= 0.6 is 11.3 Å². The SMILES string of the molecule is CCc1ccc2nc(N3CCN(C(=O)/C=C/c4ccc(OC)c(OC)c4)CC3)sc2c1. The number of carbonyl (C=O) groups is 1. The second kappa shape index (κ2) is 9.39. The molecule has 1 aromatic heterocycles. The van der Waals surface area contributed by atoms with Crippen LogP contribution in [0.2, 0.25) is 0 Å². The van der Waals surface area contributed by atoms with Gasteiger partial charge in [0.2, 0.25) is 5.91 Å². The van der Waals surface area contributed by atoms with Gasteiger partial charge in [-0.15, -0.1) is 0 Å². The van der Waals surface area contributed by atoms with Crippen molar-refractivity contribution in [2.24, 2.45) is 0 Å². The summed E-state index contributed by atoms with van der Waals surface area (Å²) in [6, 6.07) is 12.1. The Morgan fingerprint density at radius 1 is 1.06 bits per heavy atom. The van der Waals surface area contributed by atoms with Crippen LogP contribution in [0.4, 0.5) is 5.13 Å². The number of aryl methyl sites for hydroxylation is 1. The smallest absolute Gasteiger partial charge is 0.246 e. The lowest BCUT2D eigenvalue weighted by molar-refractivity contribution is -0.126. The third kappa shape index (κ3) is 4.66. The molecular weight excluding hydrogens is 410 g/mol. The highest BCUT2D eigenvalue weighted by molar-refractivity contribution is 7.22. The summed E-state index contributed by atoms with van der Waals surface area (Å²) in [6.45, 7) is 5.11. The van der Waals surface area contributed by atoms with Gasteiger partial charge in [-0.05, 0) is 47.9 Å². The van der Waals surface area contributed by atoms with Crippen LogP contribution < -0.4 is 14.4 Å². The molecule has 2 aromatic carbocycles. The lowest BCUT2D eigenvalue weighted by Crippen LogP contribution is -2.48. The number of nitrogens with zero attached hydrogens (tertiary/aromatic N) is 3. The third-order valence-corrected chi connectivity index (χ3v) is 6.62. The monoisotopic (exact) mass is 437 g/mol. The minimum absolute atomic E-state index is 0.0197. The molecule has 2 heterocycles. The molecule has 4 rings (SSSR count). The van der Waals surface area contributed by atoms with E-state index in [1.807, 2.05) is 29.2 Å². The molecule has 1 aliphatic heterocycles. The van der Waals surface area contributed by atoms with Crippen LogP contribution in [0.15, 0.2) is 42.5 Å². The van der Waals surface area contributed by atoms with Gasteiger partial charge in [-0.2, -0.15) is 0 Å². The largest absolute Gasteiger partial charge is 0.493 e. The van der Waals surface area contributed by atoms with Gasteiger partial charge in [0.05, 0.1) is 24.4 Å². The first-order chi connectivity index (χ1) is 15.1. The van der Waals surface area contributed by atoms with Gasteiger partial charge in [0, 0.05) is 32.3 Å². The average molecular weight is 438 g/mol. The number of rotatable bonds is 6. The highest BCUT2D eigenvalue weighted by atomic mass is 32.1. The zero-order valence-corrected chi connectivity index (χ0v) is 18.9. The number of ether oxygens (including phenoxy) is 2. The molecule has 0 atom stereocenters. The number of anilines is 1.